The molecule has 1 rings (SSSR count). The first-order chi connectivity index (χ1) is 7.58. The number of hydrogen-bond acceptors (Lipinski definition) is 4. The molecule has 1 aromatic rings. The van der Waals surface area contributed by atoms with Gasteiger partial charge in [0.2, 0.25) is 0 Å². The van der Waals surface area contributed by atoms with Gasteiger partial charge in [0.1, 0.15) is 5.75 Å². The molecule has 4 nitrogen and oxygen atoms in total. The van der Waals surface area contributed by atoms with Gasteiger partial charge in [-0.25, -0.2) is 4.79 Å². The van der Waals surface area contributed by atoms with Crippen molar-refractivity contribution in [1.29, 1.82) is 0 Å². The first kappa shape index (κ1) is 12.9. The number of hydrogen-bond donors (Lipinski definition) is 2. The van der Waals surface area contributed by atoms with Crippen molar-refractivity contribution in [3.8, 4) is 5.75 Å². The van der Waals surface area contributed by atoms with Crippen molar-refractivity contribution < 1.29 is 14.6 Å². The van der Waals surface area contributed by atoms with E-state index in [9.17, 15) is 4.79 Å². The van der Waals surface area contributed by atoms with E-state index in [-0.39, 0.29) is 0 Å². The number of rotatable bonds is 5. The summed E-state index contributed by atoms with van der Waals surface area (Å²) in [5.74, 6) is -0.0679. The molecule has 0 amide bonds. The van der Waals surface area contributed by atoms with Crippen LogP contribution in [0.3, 0.4) is 0 Å². The lowest BCUT2D eigenvalue weighted by Crippen LogP contribution is -2.30. The molecule has 5 heteroatoms. The Hall–Kier alpha value is -1.20. The Bertz CT molecular complexity index is 381. The predicted octanol–water partition coefficient (Wildman–Crippen LogP) is 1.73. The van der Waals surface area contributed by atoms with Crippen molar-refractivity contribution in [2.24, 2.45) is 0 Å². The number of carboxylic acid groups (broad SMARTS) is 1. The largest absolute Gasteiger partial charge is 0.496 e. The summed E-state index contributed by atoms with van der Waals surface area (Å²) in [6, 6.07) is 5.60. The van der Waals surface area contributed by atoms with Gasteiger partial charge in [-0.3, -0.25) is 5.32 Å². The highest BCUT2D eigenvalue weighted by Gasteiger charge is 2.16. The van der Waals surface area contributed by atoms with Gasteiger partial charge in [0, 0.05) is 4.90 Å². The molecule has 0 saturated carbocycles. The minimum atomic E-state index is -0.874. The second-order valence-electron chi connectivity index (χ2n) is 3.26. The molecule has 1 aromatic carbocycles. The van der Waals surface area contributed by atoms with Crippen LogP contribution in [0.15, 0.2) is 23.1 Å². The topological polar surface area (TPSA) is 58.6 Å². The number of ether oxygens (including phenoxy) is 1. The van der Waals surface area contributed by atoms with E-state index in [4.69, 9.17) is 9.84 Å². The third-order valence-corrected chi connectivity index (χ3v) is 3.31. The molecule has 1 atom stereocenters. The number of thioether (sulfide) groups is 1. The maximum absolute atomic E-state index is 10.8. The Morgan fingerprint density at radius 1 is 1.56 bits per heavy atom. The van der Waals surface area contributed by atoms with E-state index >= 15 is 0 Å². The quantitative estimate of drug-likeness (QED) is 0.607. The summed E-state index contributed by atoms with van der Waals surface area (Å²) in [5, 5.41) is 11.0. The van der Waals surface area contributed by atoms with Gasteiger partial charge in [-0.2, -0.15) is 0 Å². The standard InChI is InChI=1S/C11H15NO3S/c1-7-6-8(4-5-9(7)15-3)16-10(12-2)11(13)14/h4-6,10,12H,1-3H3,(H,13,14). The normalized spacial score (nSPS) is 12.2. The van der Waals surface area contributed by atoms with Crippen LogP contribution in [0.5, 0.6) is 5.75 Å². The predicted molar refractivity (Wildman–Crippen MR) is 64.1 cm³/mol. The third kappa shape index (κ3) is 3.15. The molecule has 0 heterocycles. The molecular formula is C11H15NO3S. The van der Waals surface area contributed by atoms with Crippen LogP contribution in [0.4, 0.5) is 0 Å². The fourth-order valence-corrected chi connectivity index (χ4v) is 2.18. The van der Waals surface area contributed by atoms with Gasteiger partial charge in [0.15, 0.2) is 5.37 Å². The molecule has 0 aromatic heterocycles. The second kappa shape index (κ2) is 5.77. The second-order valence-corrected chi connectivity index (χ2v) is 4.43. The lowest BCUT2D eigenvalue weighted by Gasteiger charge is -2.12. The maximum Gasteiger partial charge on any atom is 0.331 e. The fraction of sp³-hybridized carbons (Fsp3) is 0.364. The van der Waals surface area contributed by atoms with Crippen molar-refractivity contribution in [2.75, 3.05) is 14.2 Å². The van der Waals surface area contributed by atoms with Crippen LogP contribution in [-0.2, 0) is 4.79 Å². The molecule has 88 valence electrons. The molecule has 0 radical (unpaired) electrons. The smallest absolute Gasteiger partial charge is 0.331 e. The van der Waals surface area contributed by atoms with Crippen LogP contribution >= 0.6 is 11.8 Å². The average molecular weight is 241 g/mol. The van der Waals surface area contributed by atoms with Gasteiger partial charge in [-0.1, -0.05) is 11.8 Å². The summed E-state index contributed by atoms with van der Waals surface area (Å²) in [7, 11) is 3.24. The van der Waals surface area contributed by atoms with Crippen LogP contribution in [0.1, 0.15) is 5.56 Å². The van der Waals surface area contributed by atoms with Crippen molar-refractivity contribution in [3.63, 3.8) is 0 Å². The van der Waals surface area contributed by atoms with Crippen LogP contribution in [0, 0.1) is 6.92 Å². The molecule has 1 unspecified atom stereocenters. The van der Waals surface area contributed by atoms with E-state index in [0.717, 1.165) is 16.2 Å². The van der Waals surface area contributed by atoms with Crippen LogP contribution in [0.25, 0.3) is 0 Å². The van der Waals surface area contributed by atoms with Crippen molar-refractivity contribution in [2.45, 2.75) is 17.2 Å². The highest BCUT2D eigenvalue weighted by Crippen LogP contribution is 2.27. The molecule has 0 saturated heterocycles. The zero-order chi connectivity index (χ0) is 12.1. The molecule has 0 aliphatic rings. The van der Waals surface area contributed by atoms with Crippen LogP contribution in [0.2, 0.25) is 0 Å². The Morgan fingerprint density at radius 3 is 2.69 bits per heavy atom. The lowest BCUT2D eigenvalue weighted by molar-refractivity contribution is -0.136. The number of aryl methyl sites for hydroxylation is 1. The van der Waals surface area contributed by atoms with E-state index in [1.807, 2.05) is 25.1 Å². The SMILES string of the molecule is CNC(Sc1ccc(OC)c(C)c1)C(=O)O. The first-order valence-electron chi connectivity index (χ1n) is 4.80. The van der Waals surface area contributed by atoms with Gasteiger partial charge in [0.05, 0.1) is 7.11 Å². The summed E-state index contributed by atoms with van der Waals surface area (Å²) in [5.41, 5.74) is 0.993. The molecule has 0 aliphatic carbocycles. The molecular weight excluding hydrogens is 226 g/mol. The Labute approximate surface area is 99.0 Å². The minimum Gasteiger partial charge on any atom is -0.496 e. The van der Waals surface area contributed by atoms with Gasteiger partial charge < -0.3 is 9.84 Å². The Morgan fingerprint density at radius 2 is 2.25 bits per heavy atom. The molecule has 0 fully saturated rings. The number of carbonyl (C=O) groups is 1. The Balaban J connectivity index is 2.81. The van der Waals surface area contributed by atoms with Crippen molar-refractivity contribution in [3.05, 3.63) is 23.8 Å². The highest BCUT2D eigenvalue weighted by atomic mass is 32.2. The maximum atomic E-state index is 10.8. The molecule has 0 aliphatic heterocycles. The summed E-state index contributed by atoms with van der Waals surface area (Å²) in [6.45, 7) is 1.93. The van der Waals surface area contributed by atoms with Crippen molar-refractivity contribution >= 4 is 17.7 Å². The van der Waals surface area contributed by atoms with Crippen LogP contribution in [-0.4, -0.2) is 30.6 Å². The number of nitrogens with one attached hydrogen (secondary N) is 1. The van der Waals surface area contributed by atoms with Gasteiger partial charge in [-0.15, -0.1) is 0 Å². The minimum absolute atomic E-state index is 0.632. The number of likely N-dealkylation sites (N-methyl/N-ethyl adjacent to an activating group) is 1. The Kier molecular flexibility index (Phi) is 4.64. The van der Waals surface area contributed by atoms with E-state index in [1.54, 1.807) is 14.2 Å². The molecule has 0 bridgehead atoms. The number of carboxylic acids is 1. The van der Waals surface area contributed by atoms with E-state index in [1.165, 1.54) is 11.8 Å². The van der Waals surface area contributed by atoms with E-state index in [0.29, 0.717) is 0 Å². The average Bonchev–Trinajstić information content (AvgIpc) is 2.25. The summed E-state index contributed by atoms with van der Waals surface area (Å²) >= 11 is 1.26. The van der Waals surface area contributed by atoms with E-state index in [2.05, 4.69) is 5.32 Å². The summed E-state index contributed by atoms with van der Waals surface area (Å²) < 4.78 is 5.14. The number of benzene rings is 1. The van der Waals surface area contributed by atoms with E-state index < -0.39 is 11.3 Å². The molecule has 2 N–H and O–H groups in total. The fourth-order valence-electron chi connectivity index (χ4n) is 1.29. The summed E-state index contributed by atoms with van der Waals surface area (Å²) in [4.78, 5) is 11.7. The van der Waals surface area contributed by atoms with Gasteiger partial charge >= 0.3 is 5.97 Å². The van der Waals surface area contributed by atoms with Gasteiger partial charge in [-0.05, 0) is 37.7 Å². The molecule has 16 heavy (non-hydrogen) atoms. The van der Waals surface area contributed by atoms with Crippen molar-refractivity contribution in [1.82, 2.24) is 5.32 Å². The van der Waals surface area contributed by atoms with Gasteiger partial charge in [0.25, 0.3) is 0 Å². The van der Waals surface area contributed by atoms with Crippen LogP contribution < -0.4 is 10.1 Å². The molecule has 0 spiro atoms. The summed E-state index contributed by atoms with van der Waals surface area (Å²) in [6.07, 6.45) is 0. The zero-order valence-electron chi connectivity index (χ0n) is 9.48. The first-order valence-corrected chi connectivity index (χ1v) is 5.67. The number of methoxy groups -OCH3 is 1. The third-order valence-electron chi connectivity index (χ3n) is 2.11. The monoisotopic (exact) mass is 241 g/mol. The highest BCUT2D eigenvalue weighted by molar-refractivity contribution is 8.00. The lowest BCUT2D eigenvalue weighted by atomic mass is 10.2. The number of aliphatic carboxylic acids is 1. The zero-order valence-corrected chi connectivity index (χ0v) is 10.3.